The van der Waals surface area contributed by atoms with Gasteiger partial charge >= 0.3 is 5.97 Å². The Labute approximate surface area is 91.8 Å². The second-order valence-corrected chi connectivity index (χ2v) is 4.77. The van der Waals surface area contributed by atoms with Crippen LogP contribution in [0.1, 0.15) is 32.6 Å². The van der Waals surface area contributed by atoms with Crippen molar-refractivity contribution in [3.05, 3.63) is 0 Å². The van der Waals surface area contributed by atoms with Crippen molar-refractivity contribution in [2.75, 3.05) is 26.2 Å². The first-order valence-corrected chi connectivity index (χ1v) is 6.17. The van der Waals surface area contributed by atoms with Crippen LogP contribution in [0.15, 0.2) is 0 Å². The quantitative estimate of drug-likeness (QED) is 0.662. The predicted molar refractivity (Wildman–Crippen MR) is 58.5 cm³/mol. The van der Waals surface area contributed by atoms with Crippen LogP contribution in [0.3, 0.4) is 0 Å². The third-order valence-electron chi connectivity index (χ3n) is 3.74. The Morgan fingerprint density at radius 2 is 2.00 bits per heavy atom. The molecule has 3 nitrogen and oxygen atoms in total. The first kappa shape index (κ1) is 10.9. The van der Waals surface area contributed by atoms with Crippen LogP contribution in [0.5, 0.6) is 0 Å². The number of hydrogen-bond acceptors (Lipinski definition) is 3. The molecule has 86 valence electrons. The Morgan fingerprint density at radius 1 is 1.33 bits per heavy atom. The minimum absolute atomic E-state index is 0.0467. The summed E-state index contributed by atoms with van der Waals surface area (Å²) in [5.41, 5.74) is 0. The molecule has 0 spiro atoms. The van der Waals surface area contributed by atoms with Crippen molar-refractivity contribution in [1.29, 1.82) is 0 Å². The summed E-state index contributed by atoms with van der Waals surface area (Å²) in [5.74, 6) is 1.80. The van der Waals surface area contributed by atoms with Crippen molar-refractivity contribution in [3.63, 3.8) is 0 Å². The van der Waals surface area contributed by atoms with Crippen LogP contribution in [0.4, 0.5) is 0 Å². The maximum absolute atomic E-state index is 11.2. The molecule has 2 atom stereocenters. The zero-order valence-electron chi connectivity index (χ0n) is 9.58. The van der Waals surface area contributed by atoms with Crippen LogP contribution in [0.25, 0.3) is 0 Å². The molecule has 0 aromatic heterocycles. The fraction of sp³-hybridized carbons (Fsp3) is 0.917. The minimum Gasteiger partial charge on any atom is -0.466 e. The molecular formula is C12H21NO2. The van der Waals surface area contributed by atoms with E-state index in [1.807, 2.05) is 6.92 Å². The molecule has 15 heavy (non-hydrogen) atoms. The highest BCUT2D eigenvalue weighted by Gasteiger charge is 2.35. The number of fused-ring (bicyclic) bond motifs is 1. The molecule has 1 aliphatic heterocycles. The van der Waals surface area contributed by atoms with E-state index in [0.29, 0.717) is 13.0 Å². The van der Waals surface area contributed by atoms with Gasteiger partial charge in [-0.15, -0.1) is 0 Å². The van der Waals surface area contributed by atoms with Gasteiger partial charge in [-0.05, 0) is 31.6 Å². The van der Waals surface area contributed by atoms with E-state index in [-0.39, 0.29) is 5.97 Å². The van der Waals surface area contributed by atoms with Crippen molar-refractivity contribution in [2.45, 2.75) is 32.6 Å². The molecule has 1 aliphatic carbocycles. The Bertz CT molecular complexity index is 218. The standard InChI is InChI=1S/C12H21NO2/c1-2-15-12(14)6-7-13-8-10-4-3-5-11(10)9-13/h10-11H,2-9H2,1H3. The van der Waals surface area contributed by atoms with Gasteiger partial charge in [0.2, 0.25) is 0 Å². The Balaban J connectivity index is 1.67. The number of carbonyl (C=O) groups is 1. The van der Waals surface area contributed by atoms with Gasteiger partial charge in [0.1, 0.15) is 0 Å². The maximum Gasteiger partial charge on any atom is 0.307 e. The first-order chi connectivity index (χ1) is 7.29. The zero-order chi connectivity index (χ0) is 10.7. The highest BCUT2D eigenvalue weighted by molar-refractivity contribution is 5.69. The van der Waals surface area contributed by atoms with E-state index in [2.05, 4.69) is 4.90 Å². The van der Waals surface area contributed by atoms with E-state index in [4.69, 9.17) is 4.74 Å². The molecule has 0 N–H and O–H groups in total. The van der Waals surface area contributed by atoms with Gasteiger partial charge in [-0.25, -0.2) is 0 Å². The van der Waals surface area contributed by atoms with Crippen LogP contribution in [-0.2, 0) is 9.53 Å². The van der Waals surface area contributed by atoms with E-state index < -0.39 is 0 Å². The first-order valence-electron chi connectivity index (χ1n) is 6.17. The van der Waals surface area contributed by atoms with E-state index in [1.54, 1.807) is 0 Å². The monoisotopic (exact) mass is 211 g/mol. The molecule has 1 saturated heterocycles. The molecule has 0 aromatic carbocycles. The van der Waals surface area contributed by atoms with E-state index in [9.17, 15) is 4.79 Å². The van der Waals surface area contributed by atoms with Crippen molar-refractivity contribution in [2.24, 2.45) is 11.8 Å². The lowest BCUT2D eigenvalue weighted by atomic mass is 10.0. The summed E-state index contributed by atoms with van der Waals surface area (Å²) in [4.78, 5) is 13.6. The van der Waals surface area contributed by atoms with Crippen LogP contribution in [0.2, 0.25) is 0 Å². The van der Waals surface area contributed by atoms with Gasteiger partial charge in [-0.2, -0.15) is 0 Å². The summed E-state index contributed by atoms with van der Waals surface area (Å²) < 4.78 is 4.93. The molecule has 0 amide bonds. The lowest BCUT2D eigenvalue weighted by Crippen LogP contribution is -2.25. The molecule has 1 saturated carbocycles. The lowest BCUT2D eigenvalue weighted by Gasteiger charge is -2.15. The zero-order valence-corrected chi connectivity index (χ0v) is 9.58. The van der Waals surface area contributed by atoms with Gasteiger partial charge in [0, 0.05) is 19.6 Å². The number of likely N-dealkylation sites (tertiary alicyclic amines) is 1. The number of nitrogens with zero attached hydrogens (tertiary/aromatic N) is 1. The van der Waals surface area contributed by atoms with E-state index in [0.717, 1.165) is 18.4 Å². The van der Waals surface area contributed by atoms with E-state index in [1.165, 1.54) is 32.4 Å². The summed E-state index contributed by atoms with van der Waals surface area (Å²) in [7, 11) is 0. The summed E-state index contributed by atoms with van der Waals surface area (Å²) >= 11 is 0. The highest BCUT2D eigenvalue weighted by Crippen LogP contribution is 2.37. The van der Waals surface area contributed by atoms with E-state index >= 15 is 0 Å². The normalized spacial score (nSPS) is 30.5. The summed E-state index contributed by atoms with van der Waals surface area (Å²) in [5, 5.41) is 0. The Kier molecular flexibility index (Phi) is 3.62. The van der Waals surface area contributed by atoms with Crippen LogP contribution in [0, 0.1) is 11.8 Å². The van der Waals surface area contributed by atoms with Crippen LogP contribution in [-0.4, -0.2) is 37.1 Å². The number of rotatable bonds is 4. The largest absolute Gasteiger partial charge is 0.466 e. The molecule has 2 unspecified atom stereocenters. The third kappa shape index (κ3) is 2.71. The molecular weight excluding hydrogens is 190 g/mol. The number of carbonyl (C=O) groups excluding carboxylic acids is 1. The Morgan fingerprint density at radius 3 is 2.60 bits per heavy atom. The van der Waals surface area contributed by atoms with Crippen molar-refractivity contribution >= 4 is 5.97 Å². The predicted octanol–water partition coefficient (Wildman–Crippen LogP) is 1.67. The molecule has 1 heterocycles. The van der Waals surface area contributed by atoms with Crippen molar-refractivity contribution in [1.82, 2.24) is 4.90 Å². The minimum atomic E-state index is -0.0467. The fourth-order valence-corrected chi connectivity index (χ4v) is 3.00. The number of ether oxygens (including phenoxy) is 1. The number of hydrogen-bond donors (Lipinski definition) is 0. The molecule has 2 rings (SSSR count). The highest BCUT2D eigenvalue weighted by atomic mass is 16.5. The maximum atomic E-state index is 11.2. The molecule has 2 fully saturated rings. The van der Waals surface area contributed by atoms with Gasteiger partial charge < -0.3 is 9.64 Å². The van der Waals surface area contributed by atoms with Gasteiger partial charge in [0.05, 0.1) is 13.0 Å². The van der Waals surface area contributed by atoms with Crippen molar-refractivity contribution in [3.8, 4) is 0 Å². The second kappa shape index (κ2) is 4.97. The van der Waals surface area contributed by atoms with Crippen LogP contribution >= 0.6 is 0 Å². The third-order valence-corrected chi connectivity index (χ3v) is 3.74. The van der Waals surface area contributed by atoms with Gasteiger partial charge in [-0.1, -0.05) is 6.42 Å². The molecule has 0 aromatic rings. The van der Waals surface area contributed by atoms with Gasteiger partial charge in [0.15, 0.2) is 0 Å². The van der Waals surface area contributed by atoms with Gasteiger partial charge in [-0.3, -0.25) is 4.79 Å². The number of esters is 1. The van der Waals surface area contributed by atoms with Gasteiger partial charge in [0.25, 0.3) is 0 Å². The lowest BCUT2D eigenvalue weighted by molar-refractivity contribution is -0.143. The smallest absolute Gasteiger partial charge is 0.307 e. The summed E-state index contributed by atoms with van der Waals surface area (Å²) in [6, 6.07) is 0. The molecule has 2 aliphatic rings. The molecule has 0 bridgehead atoms. The second-order valence-electron chi connectivity index (χ2n) is 4.77. The van der Waals surface area contributed by atoms with Crippen LogP contribution < -0.4 is 0 Å². The fourth-order valence-electron chi connectivity index (χ4n) is 3.00. The molecule has 0 radical (unpaired) electrons. The van der Waals surface area contributed by atoms with Crippen molar-refractivity contribution < 1.29 is 9.53 Å². The summed E-state index contributed by atoms with van der Waals surface area (Å²) in [6.45, 7) is 5.68. The average Bonchev–Trinajstić information content (AvgIpc) is 2.74. The Hall–Kier alpha value is -0.570. The SMILES string of the molecule is CCOC(=O)CCN1CC2CCCC2C1. The average molecular weight is 211 g/mol. The molecule has 3 heteroatoms. The summed E-state index contributed by atoms with van der Waals surface area (Å²) in [6.07, 6.45) is 4.79. The topological polar surface area (TPSA) is 29.5 Å².